The Kier molecular flexibility index (Phi) is 2.60. The first-order chi connectivity index (χ1) is 7.65. The zero-order valence-corrected chi connectivity index (χ0v) is 9.66. The number of hydrogen-bond acceptors (Lipinski definition) is 2. The van der Waals surface area contributed by atoms with Crippen LogP contribution in [0.1, 0.15) is 27.0 Å². The summed E-state index contributed by atoms with van der Waals surface area (Å²) >= 11 is 0. The Balaban J connectivity index is 2.65. The maximum atomic E-state index is 10.9. The molecule has 0 saturated heterocycles. The van der Waals surface area contributed by atoms with Gasteiger partial charge in [0.25, 0.3) is 0 Å². The van der Waals surface area contributed by atoms with Gasteiger partial charge in [0.2, 0.25) is 0 Å². The van der Waals surface area contributed by atoms with E-state index in [0.717, 1.165) is 17.5 Å². The average molecular weight is 214 g/mol. The van der Waals surface area contributed by atoms with Crippen molar-refractivity contribution in [1.29, 1.82) is 0 Å². The lowest BCUT2D eigenvalue weighted by molar-refractivity contribution is 0.112. The standard InChI is InChI=1S/C13H14N2O/c1-8-4-5-12(10(3)9(8)2)13-11(7-16)6-14-15-13/h4-7H,1-3H3,(H,14,15). The van der Waals surface area contributed by atoms with Crippen LogP contribution in [0.15, 0.2) is 18.3 Å². The predicted octanol–water partition coefficient (Wildman–Crippen LogP) is 2.81. The van der Waals surface area contributed by atoms with Crippen LogP contribution in [0.4, 0.5) is 0 Å². The van der Waals surface area contributed by atoms with Gasteiger partial charge >= 0.3 is 0 Å². The lowest BCUT2D eigenvalue weighted by Gasteiger charge is -2.10. The molecule has 1 N–H and O–H groups in total. The largest absolute Gasteiger partial charge is 0.298 e. The second kappa shape index (κ2) is 3.93. The third kappa shape index (κ3) is 1.54. The minimum absolute atomic E-state index is 0.603. The summed E-state index contributed by atoms with van der Waals surface area (Å²) in [4.78, 5) is 10.9. The maximum absolute atomic E-state index is 10.9. The topological polar surface area (TPSA) is 45.8 Å². The van der Waals surface area contributed by atoms with Crippen molar-refractivity contribution in [3.8, 4) is 11.3 Å². The number of aldehydes is 1. The van der Waals surface area contributed by atoms with E-state index in [0.29, 0.717) is 5.56 Å². The zero-order valence-electron chi connectivity index (χ0n) is 9.66. The van der Waals surface area contributed by atoms with E-state index >= 15 is 0 Å². The Hall–Kier alpha value is -1.90. The summed E-state index contributed by atoms with van der Waals surface area (Å²) in [6.07, 6.45) is 2.38. The molecule has 0 spiro atoms. The summed E-state index contributed by atoms with van der Waals surface area (Å²) in [5.41, 5.74) is 6.15. The van der Waals surface area contributed by atoms with Crippen molar-refractivity contribution in [1.82, 2.24) is 10.2 Å². The van der Waals surface area contributed by atoms with Crippen LogP contribution in [0.2, 0.25) is 0 Å². The molecule has 0 radical (unpaired) electrons. The number of carbonyl (C=O) groups is 1. The first-order valence-electron chi connectivity index (χ1n) is 5.21. The van der Waals surface area contributed by atoms with Gasteiger partial charge in [0.15, 0.2) is 6.29 Å². The van der Waals surface area contributed by atoms with Crippen molar-refractivity contribution in [3.63, 3.8) is 0 Å². The Morgan fingerprint density at radius 1 is 1.19 bits per heavy atom. The molecule has 2 rings (SSSR count). The van der Waals surface area contributed by atoms with Crippen LogP contribution < -0.4 is 0 Å². The normalized spacial score (nSPS) is 10.4. The monoisotopic (exact) mass is 214 g/mol. The third-order valence-electron chi connectivity index (χ3n) is 3.12. The van der Waals surface area contributed by atoms with Crippen LogP contribution >= 0.6 is 0 Å². The zero-order chi connectivity index (χ0) is 11.7. The lowest BCUT2D eigenvalue weighted by Crippen LogP contribution is -1.93. The highest BCUT2D eigenvalue weighted by atomic mass is 16.1. The summed E-state index contributed by atoms with van der Waals surface area (Å²) in [6, 6.07) is 4.09. The summed E-state index contributed by atoms with van der Waals surface area (Å²) < 4.78 is 0. The number of aromatic nitrogens is 2. The summed E-state index contributed by atoms with van der Waals surface area (Å²) in [5.74, 6) is 0. The van der Waals surface area contributed by atoms with Gasteiger partial charge in [-0.3, -0.25) is 9.89 Å². The highest BCUT2D eigenvalue weighted by Gasteiger charge is 2.11. The minimum Gasteiger partial charge on any atom is -0.298 e. The first kappa shape index (κ1) is 10.6. The Morgan fingerprint density at radius 2 is 1.94 bits per heavy atom. The molecule has 0 saturated carbocycles. The SMILES string of the molecule is Cc1ccc(-c2[nH]ncc2C=O)c(C)c1C. The van der Waals surface area contributed by atoms with E-state index in [1.165, 1.54) is 16.7 Å². The predicted molar refractivity (Wildman–Crippen MR) is 63.6 cm³/mol. The van der Waals surface area contributed by atoms with Gasteiger partial charge in [-0.05, 0) is 37.5 Å². The number of benzene rings is 1. The van der Waals surface area contributed by atoms with Gasteiger partial charge in [-0.2, -0.15) is 5.10 Å². The highest BCUT2D eigenvalue weighted by molar-refractivity contribution is 5.86. The summed E-state index contributed by atoms with van der Waals surface area (Å²) in [5, 5.41) is 6.79. The van der Waals surface area contributed by atoms with Crippen molar-refractivity contribution < 1.29 is 4.79 Å². The number of nitrogens with one attached hydrogen (secondary N) is 1. The van der Waals surface area contributed by atoms with Crippen molar-refractivity contribution in [2.24, 2.45) is 0 Å². The number of rotatable bonds is 2. The minimum atomic E-state index is 0.603. The molecule has 2 aromatic rings. The Bertz CT molecular complexity index is 541. The molecule has 0 unspecified atom stereocenters. The van der Waals surface area contributed by atoms with E-state index in [2.05, 4.69) is 37.0 Å². The van der Waals surface area contributed by atoms with Crippen LogP contribution in [0, 0.1) is 20.8 Å². The fourth-order valence-electron chi connectivity index (χ4n) is 1.83. The van der Waals surface area contributed by atoms with Crippen LogP contribution in [0.3, 0.4) is 0 Å². The van der Waals surface area contributed by atoms with E-state index in [-0.39, 0.29) is 0 Å². The fourth-order valence-corrected chi connectivity index (χ4v) is 1.83. The molecule has 3 nitrogen and oxygen atoms in total. The van der Waals surface area contributed by atoms with Crippen LogP contribution in [0.25, 0.3) is 11.3 Å². The van der Waals surface area contributed by atoms with Crippen LogP contribution in [-0.2, 0) is 0 Å². The average Bonchev–Trinajstić information content (AvgIpc) is 2.74. The molecule has 0 amide bonds. The molecule has 1 aromatic carbocycles. The van der Waals surface area contributed by atoms with Gasteiger partial charge in [0, 0.05) is 5.56 Å². The molecule has 16 heavy (non-hydrogen) atoms. The van der Waals surface area contributed by atoms with Crippen LogP contribution in [0.5, 0.6) is 0 Å². The van der Waals surface area contributed by atoms with E-state index < -0.39 is 0 Å². The molecule has 3 heteroatoms. The van der Waals surface area contributed by atoms with Gasteiger partial charge in [0.1, 0.15) is 0 Å². The Morgan fingerprint density at radius 3 is 2.62 bits per heavy atom. The molecule has 0 aliphatic carbocycles. The molecule has 0 fully saturated rings. The quantitative estimate of drug-likeness (QED) is 0.781. The van der Waals surface area contributed by atoms with Gasteiger partial charge in [0.05, 0.1) is 17.5 Å². The number of H-pyrrole nitrogens is 1. The number of aromatic amines is 1. The highest BCUT2D eigenvalue weighted by Crippen LogP contribution is 2.27. The molecule has 0 bridgehead atoms. The van der Waals surface area contributed by atoms with E-state index in [1.807, 2.05) is 6.07 Å². The number of aryl methyl sites for hydroxylation is 1. The molecular formula is C13H14N2O. The summed E-state index contributed by atoms with van der Waals surface area (Å²) in [6.45, 7) is 6.23. The molecule has 0 aliphatic rings. The van der Waals surface area contributed by atoms with Crippen molar-refractivity contribution >= 4 is 6.29 Å². The lowest BCUT2D eigenvalue weighted by atomic mass is 9.96. The van der Waals surface area contributed by atoms with Crippen molar-refractivity contribution in [3.05, 3.63) is 40.6 Å². The van der Waals surface area contributed by atoms with Gasteiger partial charge in [-0.1, -0.05) is 12.1 Å². The second-order valence-electron chi connectivity index (χ2n) is 4.00. The fraction of sp³-hybridized carbons (Fsp3) is 0.231. The van der Waals surface area contributed by atoms with Crippen molar-refractivity contribution in [2.45, 2.75) is 20.8 Å². The smallest absolute Gasteiger partial charge is 0.153 e. The second-order valence-corrected chi connectivity index (χ2v) is 4.00. The summed E-state index contributed by atoms with van der Waals surface area (Å²) in [7, 11) is 0. The third-order valence-corrected chi connectivity index (χ3v) is 3.12. The molecule has 1 heterocycles. The van der Waals surface area contributed by atoms with Gasteiger partial charge in [-0.15, -0.1) is 0 Å². The van der Waals surface area contributed by atoms with E-state index in [9.17, 15) is 4.79 Å². The maximum Gasteiger partial charge on any atom is 0.153 e. The molecule has 0 aliphatic heterocycles. The molecule has 0 atom stereocenters. The Labute approximate surface area is 94.5 Å². The van der Waals surface area contributed by atoms with E-state index in [1.54, 1.807) is 6.20 Å². The van der Waals surface area contributed by atoms with Crippen LogP contribution in [-0.4, -0.2) is 16.5 Å². The number of carbonyl (C=O) groups excluding carboxylic acids is 1. The van der Waals surface area contributed by atoms with E-state index in [4.69, 9.17) is 0 Å². The molecule has 1 aromatic heterocycles. The van der Waals surface area contributed by atoms with Gasteiger partial charge in [-0.25, -0.2) is 0 Å². The van der Waals surface area contributed by atoms with Crippen molar-refractivity contribution in [2.75, 3.05) is 0 Å². The number of hydrogen-bond donors (Lipinski definition) is 1. The van der Waals surface area contributed by atoms with Gasteiger partial charge < -0.3 is 0 Å². The molecular weight excluding hydrogens is 200 g/mol. The number of nitrogens with zero attached hydrogens (tertiary/aromatic N) is 1. The molecule has 82 valence electrons. The first-order valence-corrected chi connectivity index (χ1v) is 5.21.